The minimum absolute atomic E-state index is 0.0122. The average molecular weight is 267 g/mol. The predicted molar refractivity (Wildman–Crippen MR) is 70.2 cm³/mol. The Morgan fingerprint density at radius 3 is 2.84 bits per heavy atom. The molecule has 1 aliphatic heterocycles. The quantitative estimate of drug-likeness (QED) is 0.779. The van der Waals surface area contributed by atoms with Gasteiger partial charge in [-0.05, 0) is 37.9 Å². The number of carbonyl (C=O) groups is 1. The third kappa shape index (κ3) is 3.38. The lowest BCUT2D eigenvalue weighted by Crippen LogP contribution is -2.42. The summed E-state index contributed by atoms with van der Waals surface area (Å²) in [5.41, 5.74) is -0.0122. The number of Topliss-reactive ketones (excluding diaryl/α,β-unsaturated/α-hetero) is 1. The third-order valence-electron chi connectivity index (χ3n) is 3.80. The maximum atomic E-state index is 13.6. The van der Waals surface area contributed by atoms with Crippen molar-refractivity contribution < 1.29 is 13.6 Å². The van der Waals surface area contributed by atoms with Crippen LogP contribution in [0.5, 0.6) is 0 Å². The molecule has 104 valence electrons. The van der Waals surface area contributed by atoms with Gasteiger partial charge in [-0.25, -0.2) is 8.78 Å². The Kier molecular flexibility index (Phi) is 4.64. The molecule has 4 heteroatoms. The van der Waals surface area contributed by atoms with Crippen LogP contribution in [0, 0.1) is 11.6 Å². The number of nitrogens with zero attached hydrogens (tertiary/aromatic N) is 1. The molecule has 2 nitrogen and oxygen atoms in total. The molecule has 2 rings (SSSR count). The van der Waals surface area contributed by atoms with E-state index in [0.717, 1.165) is 37.9 Å². The topological polar surface area (TPSA) is 20.3 Å². The van der Waals surface area contributed by atoms with Crippen LogP contribution in [0.3, 0.4) is 0 Å². The van der Waals surface area contributed by atoms with Crippen LogP contribution in [0.2, 0.25) is 0 Å². The lowest BCUT2D eigenvalue weighted by Gasteiger charge is -2.34. The van der Waals surface area contributed by atoms with Crippen molar-refractivity contribution in [3.05, 3.63) is 35.4 Å². The van der Waals surface area contributed by atoms with Gasteiger partial charge in [-0.2, -0.15) is 0 Å². The molecule has 1 heterocycles. The van der Waals surface area contributed by atoms with E-state index in [1.165, 1.54) is 12.5 Å². The van der Waals surface area contributed by atoms with E-state index < -0.39 is 11.6 Å². The first-order valence-electron chi connectivity index (χ1n) is 6.84. The van der Waals surface area contributed by atoms with Gasteiger partial charge in [-0.15, -0.1) is 0 Å². The molecule has 1 saturated heterocycles. The number of hydrogen-bond donors (Lipinski definition) is 0. The van der Waals surface area contributed by atoms with E-state index in [1.807, 2.05) is 0 Å². The Hall–Kier alpha value is -1.29. The van der Waals surface area contributed by atoms with Gasteiger partial charge in [0.1, 0.15) is 11.6 Å². The maximum absolute atomic E-state index is 13.6. The Labute approximate surface area is 112 Å². The van der Waals surface area contributed by atoms with Crippen LogP contribution >= 0.6 is 0 Å². The number of rotatable bonds is 4. The van der Waals surface area contributed by atoms with Crippen molar-refractivity contribution in [2.45, 2.75) is 38.6 Å². The lowest BCUT2D eigenvalue weighted by molar-refractivity contribution is 0.0834. The van der Waals surface area contributed by atoms with Crippen molar-refractivity contribution in [1.29, 1.82) is 0 Å². The molecule has 0 saturated carbocycles. The molecular formula is C15H19F2NO. The van der Waals surface area contributed by atoms with Crippen LogP contribution in [0.25, 0.3) is 0 Å². The molecule has 0 spiro atoms. The van der Waals surface area contributed by atoms with Crippen LogP contribution in [0.15, 0.2) is 18.2 Å². The summed E-state index contributed by atoms with van der Waals surface area (Å²) in [5.74, 6) is -1.69. The summed E-state index contributed by atoms with van der Waals surface area (Å²) in [5, 5.41) is 0. The highest BCUT2D eigenvalue weighted by Crippen LogP contribution is 2.20. The van der Waals surface area contributed by atoms with E-state index in [4.69, 9.17) is 0 Å². The van der Waals surface area contributed by atoms with Gasteiger partial charge in [0.15, 0.2) is 5.78 Å². The van der Waals surface area contributed by atoms with Gasteiger partial charge >= 0.3 is 0 Å². The molecule has 1 aromatic carbocycles. The molecule has 1 unspecified atom stereocenters. The van der Waals surface area contributed by atoms with Gasteiger partial charge in [0, 0.05) is 12.1 Å². The Bertz CT molecular complexity index is 461. The molecule has 0 aromatic heterocycles. The number of carbonyl (C=O) groups excluding carboxylic acids is 1. The van der Waals surface area contributed by atoms with Crippen LogP contribution in [-0.2, 0) is 0 Å². The zero-order valence-corrected chi connectivity index (χ0v) is 11.2. The van der Waals surface area contributed by atoms with Crippen molar-refractivity contribution in [3.63, 3.8) is 0 Å². The van der Waals surface area contributed by atoms with Crippen LogP contribution in [0.1, 0.15) is 43.0 Å². The van der Waals surface area contributed by atoms with Gasteiger partial charge in [0.05, 0.1) is 12.1 Å². The standard InChI is InChI=1S/C15H19F2NO/c1-2-12-5-3-4-8-18(12)10-15(19)13-7-6-11(16)9-14(13)17/h6-7,9,12H,2-5,8,10H2,1H3. The maximum Gasteiger partial charge on any atom is 0.179 e. The molecule has 1 aromatic rings. The molecule has 19 heavy (non-hydrogen) atoms. The average Bonchev–Trinajstić information content (AvgIpc) is 2.39. The highest BCUT2D eigenvalue weighted by Gasteiger charge is 2.24. The zero-order chi connectivity index (χ0) is 13.8. The van der Waals surface area contributed by atoms with E-state index in [1.54, 1.807) is 0 Å². The molecule has 1 fully saturated rings. The first-order chi connectivity index (χ1) is 9.11. The highest BCUT2D eigenvalue weighted by molar-refractivity contribution is 5.97. The normalized spacial score (nSPS) is 20.5. The van der Waals surface area contributed by atoms with Crippen molar-refractivity contribution in [3.8, 4) is 0 Å². The summed E-state index contributed by atoms with van der Waals surface area (Å²) < 4.78 is 26.4. The largest absolute Gasteiger partial charge is 0.293 e. The van der Waals surface area contributed by atoms with Crippen LogP contribution in [0.4, 0.5) is 8.78 Å². The molecule has 1 aliphatic rings. The number of hydrogen-bond acceptors (Lipinski definition) is 2. The van der Waals surface area contributed by atoms with Gasteiger partial charge < -0.3 is 0 Å². The first-order valence-corrected chi connectivity index (χ1v) is 6.84. The molecular weight excluding hydrogens is 248 g/mol. The molecule has 1 atom stereocenters. The summed E-state index contributed by atoms with van der Waals surface area (Å²) in [6.07, 6.45) is 4.36. The number of halogens is 2. The first kappa shape index (κ1) is 14.1. The molecule has 0 radical (unpaired) electrons. The summed E-state index contributed by atoms with van der Waals surface area (Å²) in [6.45, 7) is 3.21. The van der Waals surface area contributed by atoms with E-state index in [9.17, 15) is 13.6 Å². The summed E-state index contributed by atoms with van der Waals surface area (Å²) in [7, 11) is 0. The van der Waals surface area contributed by atoms with Gasteiger partial charge in [-0.1, -0.05) is 13.3 Å². The number of benzene rings is 1. The molecule has 0 bridgehead atoms. The smallest absolute Gasteiger partial charge is 0.179 e. The van der Waals surface area contributed by atoms with E-state index in [-0.39, 0.29) is 17.9 Å². The number of piperidine rings is 1. The summed E-state index contributed by atoms with van der Waals surface area (Å²) in [6, 6.07) is 3.53. The second-order valence-corrected chi connectivity index (χ2v) is 5.08. The summed E-state index contributed by atoms with van der Waals surface area (Å²) in [4.78, 5) is 14.2. The van der Waals surface area contributed by atoms with E-state index >= 15 is 0 Å². The van der Waals surface area contributed by atoms with E-state index in [0.29, 0.717) is 6.04 Å². The van der Waals surface area contributed by atoms with Crippen LogP contribution in [-0.4, -0.2) is 29.8 Å². The van der Waals surface area contributed by atoms with Gasteiger partial charge in [-0.3, -0.25) is 9.69 Å². The van der Waals surface area contributed by atoms with Gasteiger partial charge in [0.25, 0.3) is 0 Å². The van der Waals surface area contributed by atoms with Crippen molar-refractivity contribution in [2.75, 3.05) is 13.1 Å². The Morgan fingerprint density at radius 1 is 1.37 bits per heavy atom. The lowest BCUT2D eigenvalue weighted by atomic mass is 9.99. The van der Waals surface area contributed by atoms with Crippen molar-refractivity contribution in [1.82, 2.24) is 4.90 Å². The predicted octanol–water partition coefficient (Wildman–Crippen LogP) is 3.41. The SMILES string of the molecule is CCC1CCCCN1CC(=O)c1ccc(F)cc1F. The fraction of sp³-hybridized carbons (Fsp3) is 0.533. The van der Waals surface area contributed by atoms with Crippen LogP contribution < -0.4 is 0 Å². The van der Waals surface area contributed by atoms with Crippen molar-refractivity contribution in [2.24, 2.45) is 0 Å². The fourth-order valence-electron chi connectivity index (χ4n) is 2.72. The van der Waals surface area contributed by atoms with Gasteiger partial charge in [0.2, 0.25) is 0 Å². The number of ketones is 1. The minimum Gasteiger partial charge on any atom is -0.293 e. The Balaban J connectivity index is 2.07. The zero-order valence-electron chi connectivity index (χ0n) is 11.2. The molecule has 0 amide bonds. The molecule has 0 aliphatic carbocycles. The van der Waals surface area contributed by atoms with E-state index in [2.05, 4.69) is 11.8 Å². The highest BCUT2D eigenvalue weighted by atomic mass is 19.1. The second-order valence-electron chi connectivity index (χ2n) is 5.08. The third-order valence-corrected chi connectivity index (χ3v) is 3.80. The second kappa shape index (κ2) is 6.24. The fourth-order valence-corrected chi connectivity index (χ4v) is 2.72. The number of likely N-dealkylation sites (tertiary alicyclic amines) is 1. The minimum atomic E-state index is -0.768. The Morgan fingerprint density at radius 2 is 2.16 bits per heavy atom. The molecule has 0 N–H and O–H groups in total. The summed E-state index contributed by atoms with van der Waals surface area (Å²) >= 11 is 0. The monoisotopic (exact) mass is 267 g/mol. The van der Waals surface area contributed by atoms with Crippen molar-refractivity contribution >= 4 is 5.78 Å².